The van der Waals surface area contributed by atoms with Crippen molar-refractivity contribution in [2.45, 2.75) is 6.92 Å². The molecular weight excluding hydrogens is 196 g/mol. The fourth-order valence-electron chi connectivity index (χ4n) is 1.36. The Bertz CT molecular complexity index is 444. The van der Waals surface area contributed by atoms with E-state index in [1.54, 1.807) is 0 Å². The Hall–Kier alpha value is -1.09. The SMILES string of the molecule is C=C(CS(C)(=O)=O)c1ccccc1C. The molecule has 0 heterocycles. The summed E-state index contributed by atoms with van der Waals surface area (Å²) in [5.41, 5.74) is 2.64. The number of hydrogen-bond donors (Lipinski definition) is 0. The minimum atomic E-state index is -2.99. The first kappa shape index (κ1) is 11.0. The lowest BCUT2D eigenvalue weighted by atomic mass is 10.0. The second kappa shape index (κ2) is 3.96. The molecule has 1 aromatic carbocycles. The van der Waals surface area contributed by atoms with Crippen LogP contribution in [0, 0.1) is 6.92 Å². The van der Waals surface area contributed by atoms with Crippen LogP contribution in [-0.4, -0.2) is 20.4 Å². The zero-order chi connectivity index (χ0) is 10.8. The van der Waals surface area contributed by atoms with Crippen LogP contribution in [0.2, 0.25) is 0 Å². The van der Waals surface area contributed by atoms with E-state index in [2.05, 4.69) is 6.58 Å². The maximum atomic E-state index is 11.1. The van der Waals surface area contributed by atoms with Gasteiger partial charge in [0.1, 0.15) is 0 Å². The average Bonchev–Trinajstić information content (AvgIpc) is 2.01. The standard InChI is InChI=1S/C11H14O2S/c1-9-6-4-5-7-11(9)10(2)8-14(3,12)13/h4-7H,2,8H2,1,3H3. The molecule has 0 saturated carbocycles. The highest BCUT2D eigenvalue weighted by Crippen LogP contribution is 2.17. The molecule has 1 rings (SSSR count). The third kappa shape index (κ3) is 3.00. The third-order valence-electron chi connectivity index (χ3n) is 1.96. The van der Waals surface area contributed by atoms with Crippen molar-refractivity contribution in [1.29, 1.82) is 0 Å². The lowest BCUT2D eigenvalue weighted by Gasteiger charge is -2.07. The van der Waals surface area contributed by atoms with E-state index >= 15 is 0 Å². The number of hydrogen-bond acceptors (Lipinski definition) is 2. The smallest absolute Gasteiger partial charge is 0.151 e. The van der Waals surface area contributed by atoms with Crippen molar-refractivity contribution in [3.8, 4) is 0 Å². The van der Waals surface area contributed by atoms with Gasteiger partial charge in [0.05, 0.1) is 5.75 Å². The summed E-state index contributed by atoms with van der Waals surface area (Å²) in [6, 6.07) is 7.65. The van der Waals surface area contributed by atoms with E-state index in [1.807, 2.05) is 31.2 Å². The summed E-state index contributed by atoms with van der Waals surface area (Å²) >= 11 is 0. The zero-order valence-electron chi connectivity index (χ0n) is 8.45. The summed E-state index contributed by atoms with van der Waals surface area (Å²) in [4.78, 5) is 0. The van der Waals surface area contributed by atoms with Crippen LogP contribution < -0.4 is 0 Å². The van der Waals surface area contributed by atoms with Gasteiger partial charge in [-0.1, -0.05) is 30.8 Å². The van der Waals surface area contributed by atoms with Gasteiger partial charge in [-0.05, 0) is 23.6 Å². The van der Waals surface area contributed by atoms with Crippen molar-refractivity contribution in [3.63, 3.8) is 0 Å². The van der Waals surface area contributed by atoms with Crippen LogP contribution in [0.4, 0.5) is 0 Å². The van der Waals surface area contributed by atoms with Gasteiger partial charge in [0, 0.05) is 6.26 Å². The maximum Gasteiger partial charge on any atom is 0.151 e. The van der Waals surface area contributed by atoms with Gasteiger partial charge in [-0.15, -0.1) is 0 Å². The Balaban J connectivity index is 2.97. The van der Waals surface area contributed by atoms with Crippen LogP contribution >= 0.6 is 0 Å². The van der Waals surface area contributed by atoms with Gasteiger partial charge in [-0.3, -0.25) is 0 Å². The first-order chi connectivity index (χ1) is 6.40. The Morgan fingerprint density at radius 2 is 1.93 bits per heavy atom. The Labute approximate surface area is 85.2 Å². The van der Waals surface area contributed by atoms with E-state index in [0.29, 0.717) is 5.57 Å². The highest BCUT2D eigenvalue weighted by atomic mass is 32.2. The molecule has 0 amide bonds. The Morgan fingerprint density at radius 1 is 1.36 bits per heavy atom. The van der Waals surface area contributed by atoms with E-state index in [9.17, 15) is 8.42 Å². The normalized spacial score (nSPS) is 11.3. The summed E-state index contributed by atoms with van der Waals surface area (Å²) in [6.45, 7) is 5.74. The second-order valence-electron chi connectivity index (χ2n) is 3.49. The van der Waals surface area contributed by atoms with E-state index in [4.69, 9.17) is 0 Å². The van der Waals surface area contributed by atoms with Crippen molar-refractivity contribution in [3.05, 3.63) is 42.0 Å². The molecule has 0 saturated heterocycles. The van der Waals surface area contributed by atoms with Gasteiger partial charge in [0.15, 0.2) is 9.84 Å². The molecule has 0 aromatic heterocycles. The van der Waals surface area contributed by atoms with Crippen molar-refractivity contribution < 1.29 is 8.42 Å². The van der Waals surface area contributed by atoms with Crippen LogP contribution in [0.15, 0.2) is 30.8 Å². The highest BCUT2D eigenvalue weighted by molar-refractivity contribution is 7.91. The molecular formula is C11H14O2S. The summed E-state index contributed by atoms with van der Waals surface area (Å²) in [7, 11) is -2.99. The van der Waals surface area contributed by atoms with Crippen LogP contribution in [0.5, 0.6) is 0 Å². The van der Waals surface area contributed by atoms with Gasteiger partial charge in [0.2, 0.25) is 0 Å². The molecule has 0 aliphatic rings. The van der Waals surface area contributed by atoms with Crippen LogP contribution in [-0.2, 0) is 9.84 Å². The maximum absolute atomic E-state index is 11.1. The van der Waals surface area contributed by atoms with Gasteiger partial charge < -0.3 is 0 Å². The molecule has 0 bridgehead atoms. The van der Waals surface area contributed by atoms with Gasteiger partial charge in [-0.25, -0.2) is 8.42 Å². The fraction of sp³-hybridized carbons (Fsp3) is 0.273. The molecule has 0 atom stereocenters. The minimum absolute atomic E-state index is 0.0256. The average molecular weight is 210 g/mol. The molecule has 0 aliphatic heterocycles. The van der Waals surface area contributed by atoms with E-state index in [0.717, 1.165) is 11.1 Å². The van der Waals surface area contributed by atoms with Crippen LogP contribution in [0.1, 0.15) is 11.1 Å². The topological polar surface area (TPSA) is 34.1 Å². The zero-order valence-corrected chi connectivity index (χ0v) is 9.26. The Morgan fingerprint density at radius 3 is 2.43 bits per heavy atom. The van der Waals surface area contributed by atoms with Crippen molar-refractivity contribution in [1.82, 2.24) is 0 Å². The number of benzene rings is 1. The molecule has 0 aliphatic carbocycles. The number of aryl methyl sites for hydroxylation is 1. The van der Waals surface area contributed by atoms with Crippen molar-refractivity contribution in [2.75, 3.05) is 12.0 Å². The molecule has 0 radical (unpaired) electrons. The van der Waals surface area contributed by atoms with Crippen LogP contribution in [0.3, 0.4) is 0 Å². The molecule has 0 spiro atoms. The predicted molar refractivity (Wildman–Crippen MR) is 59.9 cm³/mol. The molecule has 3 heteroatoms. The molecule has 14 heavy (non-hydrogen) atoms. The van der Waals surface area contributed by atoms with Gasteiger partial charge in [-0.2, -0.15) is 0 Å². The molecule has 1 aromatic rings. The van der Waals surface area contributed by atoms with Crippen molar-refractivity contribution >= 4 is 15.4 Å². The summed E-state index contributed by atoms with van der Waals surface area (Å²) in [5, 5.41) is 0. The second-order valence-corrected chi connectivity index (χ2v) is 5.63. The van der Waals surface area contributed by atoms with E-state index in [-0.39, 0.29) is 5.75 Å². The lowest BCUT2D eigenvalue weighted by molar-refractivity contribution is 0.605. The van der Waals surface area contributed by atoms with E-state index < -0.39 is 9.84 Å². The highest BCUT2D eigenvalue weighted by Gasteiger charge is 2.08. The summed E-state index contributed by atoms with van der Waals surface area (Å²) < 4.78 is 22.1. The molecule has 76 valence electrons. The molecule has 0 fully saturated rings. The molecule has 2 nitrogen and oxygen atoms in total. The number of rotatable bonds is 3. The fourth-order valence-corrected chi connectivity index (χ4v) is 2.15. The minimum Gasteiger partial charge on any atom is -0.229 e. The predicted octanol–water partition coefficient (Wildman–Crippen LogP) is 2.05. The first-order valence-electron chi connectivity index (χ1n) is 4.31. The van der Waals surface area contributed by atoms with Gasteiger partial charge in [0.25, 0.3) is 0 Å². The largest absolute Gasteiger partial charge is 0.229 e. The summed E-state index contributed by atoms with van der Waals surface area (Å²) in [6.07, 6.45) is 1.22. The third-order valence-corrected chi connectivity index (χ3v) is 2.84. The van der Waals surface area contributed by atoms with Crippen LogP contribution in [0.25, 0.3) is 5.57 Å². The van der Waals surface area contributed by atoms with Crippen molar-refractivity contribution in [2.24, 2.45) is 0 Å². The summed E-state index contributed by atoms with van der Waals surface area (Å²) in [5.74, 6) is 0.0256. The first-order valence-corrected chi connectivity index (χ1v) is 6.38. The quantitative estimate of drug-likeness (QED) is 0.765. The molecule has 0 N–H and O–H groups in total. The van der Waals surface area contributed by atoms with Gasteiger partial charge >= 0.3 is 0 Å². The number of sulfone groups is 1. The monoisotopic (exact) mass is 210 g/mol. The lowest BCUT2D eigenvalue weighted by Crippen LogP contribution is -2.05. The Kier molecular flexibility index (Phi) is 3.11. The van der Waals surface area contributed by atoms with E-state index in [1.165, 1.54) is 6.26 Å². The molecule has 0 unspecified atom stereocenters.